The van der Waals surface area contributed by atoms with Crippen molar-refractivity contribution in [3.8, 4) is 0 Å². The molecule has 2 aromatic carbocycles. The molecule has 0 aliphatic carbocycles. The fraction of sp³-hybridized carbons (Fsp3) is 0.520. The van der Waals surface area contributed by atoms with E-state index in [1.54, 1.807) is 0 Å². The third-order valence-electron chi connectivity index (χ3n) is 5.16. The third kappa shape index (κ3) is 9.94. The fourth-order valence-corrected chi connectivity index (χ4v) is 3.13. The molecular formula is C25H42N4O2. The monoisotopic (exact) mass is 430 g/mol. The maximum Gasteiger partial charge on any atom is 0.0641 e. The number of unbranched alkanes of at least 4 members (excludes halogenated alkanes) is 1. The summed E-state index contributed by atoms with van der Waals surface area (Å²) in [5, 5.41) is 8.82. The summed E-state index contributed by atoms with van der Waals surface area (Å²) in [4.78, 5) is 4.41. The Morgan fingerprint density at radius 1 is 0.839 bits per heavy atom. The van der Waals surface area contributed by atoms with Crippen LogP contribution in [0.25, 0.3) is 0 Å². The number of hydrogen-bond acceptors (Lipinski definition) is 6. The molecule has 0 unspecified atom stereocenters. The van der Waals surface area contributed by atoms with Gasteiger partial charge < -0.3 is 31.1 Å². The molecule has 0 saturated heterocycles. The van der Waals surface area contributed by atoms with E-state index in [2.05, 4.69) is 42.7 Å². The topological polar surface area (TPSA) is 88.0 Å². The number of benzene rings is 2. The second-order valence-electron chi connectivity index (χ2n) is 7.48. The van der Waals surface area contributed by atoms with E-state index in [-0.39, 0.29) is 6.61 Å². The third-order valence-corrected chi connectivity index (χ3v) is 5.16. The van der Waals surface area contributed by atoms with E-state index in [0.29, 0.717) is 6.54 Å². The summed E-state index contributed by atoms with van der Waals surface area (Å²) in [7, 11) is 0. The first kappa shape index (κ1) is 26.6. The van der Waals surface area contributed by atoms with Crippen LogP contribution in [0.1, 0.15) is 39.2 Å². The van der Waals surface area contributed by atoms with Crippen molar-refractivity contribution in [3.05, 3.63) is 48.0 Å². The van der Waals surface area contributed by atoms with Crippen LogP contribution < -0.4 is 21.3 Å². The van der Waals surface area contributed by atoms with Gasteiger partial charge in [0, 0.05) is 55.5 Å². The van der Waals surface area contributed by atoms with Crippen molar-refractivity contribution in [2.45, 2.75) is 40.5 Å². The average molecular weight is 431 g/mol. The lowest BCUT2D eigenvalue weighted by atomic mass is 10.1. The summed E-state index contributed by atoms with van der Waals surface area (Å²) in [6.07, 6.45) is 2.34. The average Bonchev–Trinajstić information content (AvgIpc) is 2.78. The molecule has 0 aromatic heterocycles. The van der Waals surface area contributed by atoms with Gasteiger partial charge in [0.1, 0.15) is 0 Å². The van der Waals surface area contributed by atoms with Gasteiger partial charge in [0.2, 0.25) is 0 Å². The highest BCUT2D eigenvalue weighted by Crippen LogP contribution is 2.20. The van der Waals surface area contributed by atoms with Crippen molar-refractivity contribution in [2.24, 2.45) is 0 Å². The van der Waals surface area contributed by atoms with E-state index in [0.717, 1.165) is 61.9 Å². The molecule has 6 heteroatoms. The van der Waals surface area contributed by atoms with E-state index in [1.165, 1.54) is 12.1 Å². The van der Waals surface area contributed by atoms with Crippen LogP contribution in [0.15, 0.2) is 42.5 Å². The van der Waals surface area contributed by atoms with E-state index in [9.17, 15) is 0 Å². The van der Waals surface area contributed by atoms with Gasteiger partial charge >= 0.3 is 0 Å². The quantitative estimate of drug-likeness (QED) is 0.344. The van der Waals surface area contributed by atoms with E-state index >= 15 is 0 Å². The number of nitrogens with two attached hydrogens (primary N) is 2. The van der Waals surface area contributed by atoms with Crippen molar-refractivity contribution in [1.82, 2.24) is 0 Å². The second kappa shape index (κ2) is 15.4. The Kier molecular flexibility index (Phi) is 13.2. The normalized spacial score (nSPS) is 10.4. The molecule has 0 aliphatic heterocycles. The molecule has 0 radical (unpaired) electrons. The number of nitrogen functional groups attached to an aromatic ring is 2. The first-order valence-electron chi connectivity index (χ1n) is 11.4. The molecule has 0 spiro atoms. The van der Waals surface area contributed by atoms with Crippen LogP contribution in [-0.2, 0) is 4.74 Å². The molecule has 0 atom stereocenters. The molecular weight excluding hydrogens is 388 g/mol. The number of likely N-dealkylation sites (N-methyl/N-ethyl adjacent to an activating group) is 2. The van der Waals surface area contributed by atoms with Crippen molar-refractivity contribution in [2.75, 3.05) is 67.3 Å². The van der Waals surface area contributed by atoms with Crippen molar-refractivity contribution >= 4 is 22.7 Å². The van der Waals surface area contributed by atoms with Gasteiger partial charge in [-0.25, -0.2) is 0 Å². The minimum Gasteiger partial charge on any atom is -0.399 e. The van der Waals surface area contributed by atoms with Crippen LogP contribution in [0.4, 0.5) is 22.7 Å². The molecule has 0 heterocycles. The largest absolute Gasteiger partial charge is 0.399 e. The highest BCUT2D eigenvalue weighted by Gasteiger charge is 2.05. The number of hydrogen-bond donors (Lipinski definition) is 3. The van der Waals surface area contributed by atoms with Gasteiger partial charge in [-0.15, -0.1) is 0 Å². The van der Waals surface area contributed by atoms with Gasteiger partial charge in [-0.05, 0) is 75.2 Å². The van der Waals surface area contributed by atoms with Gasteiger partial charge in [-0.1, -0.05) is 13.3 Å². The van der Waals surface area contributed by atoms with Crippen LogP contribution in [0.3, 0.4) is 0 Å². The van der Waals surface area contributed by atoms with Crippen LogP contribution in [0, 0.1) is 6.92 Å². The predicted molar refractivity (Wildman–Crippen MR) is 135 cm³/mol. The van der Waals surface area contributed by atoms with Gasteiger partial charge in [-0.3, -0.25) is 0 Å². The van der Waals surface area contributed by atoms with E-state index < -0.39 is 0 Å². The molecule has 2 aromatic rings. The van der Waals surface area contributed by atoms with Crippen molar-refractivity contribution in [3.63, 3.8) is 0 Å². The zero-order valence-corrected chi connectivity index (χ0v) is 19.8. The molecule has 5 N–H and O–H groups in total. The van der Waals surface area contributed by atoms with Gasteiger partial charge in [-0.2, -0.15) is 0 Å². The fourth-order valence-electron chi connectivity index (χ4n) is 3.13. The first-order valence-corrected chi connectivity index (χ1v) is 11.4. The van der Waals surface area contributed by atoms with Crippen LogP contribution in [0.2, 0.25) is 0 Å². The Bertz CT molecular complexity index is 722. The smallest absolute Gasteiger partial charge is 0.0641 e. The number of aliphatic hydroxyl groups excluding tert-OH is 1. The first-order chi connectivity index (χ1) is 15.0. The summed E-state index contributed by atoms with van der Waals surface area (Å²) in [6.45, 7) is 13.8. The molecule has 6 nitrogen and oxygen atoms in total. The lowest BCUT2D eigenvalue weighted by molar-refractivity contribution is 0.137. The lowest BCUT2D eigenvalue weighted by Crippen LogP contribution is -2.27. The Morgan fingerprint density at radius 3 is 2.00 bits per heavy atom. The van der Waals surface area contributed by atoms with E-state index in [4.69, 9.17) is 21.3 Å². The zero-order chi connectivity index (χ0) is 23.1. The minimum absolute atomic E-state index is 0.179. The summed E-state index contributed by atoms with van der Waals surface area (Å²) in [5.74, 6) is 0. The molecule has 31 heavy (non-hydrogen) atoms. The SMILES string of the molecule is CCCCOCCN(CC)c1ccc(N)c(C)c1.CCN(CCO)c1ccc(N)cc1. The number of ether oxygens (including phenoxy) is 1. The molecule has 0 amide bonds. The number of aliphatic hydroxyl groups is 1. The molecule has 0 saturated carbocycles. The molecule has 0 aliphatic rings. The van der Waals surface area contributed by atoms with Crippen molar-refractivity contribution in [1.29, 1.82) is 0 Å². The van der Waals surface area contributed by atoms with Gasteiger partial charge in [0.05, 0.1) is 13.2 Å². The van der Waals surface area contributed by atoms with Crippen molar-refractivity contribution < 1.29 is 9.84 Å². The Hall–Kier alpha value is -2.44. The summed E-state index contributed by atoms with van der Waals surface area (Å²) in [5.41, 5.74) is 16.5. The molecule has 2 rings (SSSR count). The molecule has 0 fully saturated rings. The number of rotatable bonds is 12. The lowest BCUT2D eigenvalue weighted by Gasteiger charge is -2.23. The molecule has 0 bridgehead atoms. The van der Waals surface area contributed by atoms with Gasteiger partial charge in [0.25, 0.3) is 0 Å². The number of anilines is 4. The predicted octanol–water partition coefficient (Wildman–Crippen LogP) is 4.31. The maximum absolute atomic E-state index is 8.82. The zero-order valence-electron chi connectivity index (χ0n) is 19.8. The van der Waals surface area contributed by atoms with Crippen LogP contribution in [0.5, 0.6) is 0 Å². The highest BCUT2D eigenvalue weighted by atomic mass is 16.5. The Labute approximate surface area is 188 Å². The van der Waals surface area contributed by atoms with Crippen LogP contribution >= 0.6 is 0 Å². The highest BCUT2D eigenvalue weighted by molar-refractivity contribution is 5.58. The Morgan fingerprint density at radius 2 is 1.45 bits per heavy atom. The maximum atomic E-state index is 8.82. The Balaban J connectivity index is 0.000000327. The second-order valence-corrected chi connectivity index (χ2v) is 7.48. The summed E-state index contributed by atoms with van der Waals surface area (Å²) < 4.78 is 5.62. The molecule has 174 valence electrons. The van der Waals surface area contributed by atoms with E-state index in [1.807, 2.05) is 37.3 Å². The minimum atomic E-state index is 0.179. The van der Waals surface area contributed by atoms with Gasteiger partial charge in [0.15, 0.2) is 0 Å². The standard InChI is InChI=1S/C15H26N2O.C10H16N2O/c1-4-6-10-18-11-9-17(5-2)14-7-8-15(16)13(3)12-14;1-2-12(7-8-13)10-5-3-9(11)4-6-10/h7-8,12H,4-6,9-11,16H2,1-3H3;3-6,13H,2,7-8,11H2,1H3. The summed E-state index contributed by atoms with van der Waals surface area (Å²) in [6, 6.07) is 13.9. The number of nitrogens with zero attached hydrogens (tertiary/aromatic N) is 2. The van der Waals surface area contributed by atoms with Crippen LogP contribution in [-0.4, -0.2) is 51.1 Å². The summed E-state index contributed by atoms with van der Waals surface area (Å²) >= 11 is 0. The number of aryl methyl sites for hydroxylation is 1.